The third-order valence-electron chi connectivity index (χ3n) is 11.2. The van der Waals surface area contributed by atoms with Crippen LogP contribution in [-0.4, -0.2) is 4.98 Å². The van der Waals surface area contributed by atoms with E-state index in [9.17, 15) is 0 Å². The Kier molecular flexibility index (Phi) is 7.40. The van der Waals surface area contributed by atoms with Crippen molar-refractivity contribution in [1.82, 2.24) is 4.98 Å². The third kappa shape index (κ3) is 4.75. The molecule has 0 saturated heterocycles. The maximum absolute atomic E-state index is 15.7. The Morgan fingerprint density at radius 1 is 0.423 bits per heavy atom. The maximum Gasteiger partial charge on any atom is 0.188 e. The first-order valence-electron chi connectivity index (χ1n) is 17.9. The number of pyridine rings is 1. The summed E-state index contributed by atoms with van der Waals surface area (Å²) in [5.41, 5.74) is 12.1. The predicted molar refractivity (Wildman–Crippen MR) is 217 cm³/mol. The summed E-state index contributed by atoms with van der Waals surface area (Å²) in [6, 6.07) is 56.8. The molecule has 0 saturated carbocycles. The van der Waals surface area contributed by atoms with Crippen molar-refractivity contribution < 1.29 is 4.57 Å². The molecule has 0 N–H and O–H groups in total. The molecular weight excluding hydrogens is 654 g/mol. The van der Waals surface area contributed by atoms with E-state index in [0.717, 1.165) is 44.7 Å². The number of hydrogen-bond acceptors (Lipinski definition) is 4. The maximum atomic E-state index is 15.7. The highest BCUT2D eigenvalue weighted by Gasteiger charge is 2.39. The number of benzene rings is 6. The molecule has 254 valence electrons. The van der Waals surface area contributed by atoms with Gasteiger partial charge in [-0.2, -0.15) is 0 Å². The number of aromatic nitrogens is 1. The highest BCUT2D eigenvalue weighted by atomic mass is 31.2. The van der Waals surface area contributed by atoms with Crippen molar-refractivity contribution in [2.45, 2.75) is 38.5 Å². The average molecular weight is 694 g/mol. The largest absolute Gasteiger partial charge is 0.310 e. The molecule has 4 nitrogen and oxygen atoms in total. The number of nitrogens with zero attached hydrogens (tertiary/aromatic N) is 3. The van der Waals surface area contributed by atoms with Crippen LogP contribution in [0.1, 0.15) is 49.9 Å². The van der Waals surface area contributed by atoms with Gasteiger partial charge in [-0.05, 0) is 107 Å². The van der Waals surface area contributed by atoms with Crippen LogP contribution in [0.2, 0.25) is 0 Å². The van der Waals surface area contributed by atoms with E-state index in [0.29, 0.717) is 5.44 Å². The standard InChI is InChI=1S/C47H40N3OP/c1-46(2)37-15-5-9-19-41(37)49(42-20-10-6-16-38(42)46)33-24-28-35(29-25-33)52(51,45-23-13-14-32-48-45)36-30-26-34(27-31-36)50-43-21-11-7-17-39(43)47(3,4)40-18-8-12-22-44(40)50/h5-32H,1-4H3. The van der Waals surface area contributed by atoms with Gasteiger partial charge in [0.25, 0.3) is 0 Å². The van der Waals surface area contributed by atoms with E-state index < -0.39 is 7.14 Å². The summed E-state index contributed by atoms with van der Waals surface area (Å²) >= 11 is 0. The van der Waals surface area contributed by atoms with Gasteiger partial charge in [-0.3, -0.25) is 4.98 Å². The Morgan fingerprint density at radius 2 is 0.750 bits per heavy atom. The van der Waals surface area contributed by atoms with E-state index in [1.165, 1.54) is 22.3 Å². The third-order valence-corrected chi connectivity index (χ3v) is 14.1. The average Bonchev–Trinajstić information content (AvgIpc) is 3.19. The van der Waals surface area contributed by atoms with Gasteiger partial charge < -0.3 is 14.4 Å². The second-order valence-electron chi connectivity index (χ2n) is 14.8. The number of anilines is 6. The molecule has 0 spiro atoms. The van der Waals surface area contributed by atoms with Crippen molar-refractivity contribution in [3.05, 3.63) is 192 Å². The Hall–Kier alpha value is -5.70. The first-order chi connectivity index (χ1) is 25.2. The molecule has 0 fully saturated rings. The van der Waals surface area contributed by atoms with Gasteiger partial charge in [0.05, 0.1) is 22.7 Å². The summed E-state index contributed by atoms with van der Waals surface area (Å²) in [6.07, 6.45) is 1.73. The summed E-state index contributed by atoms with van der Waals surface area (Å²) < 4.78 is 15.7. The van der Waals surface area contributed by atoms with Crippen molar-refractivity contribution in [2.24, 2.45) is 0 Å². The molecule has 0 atom stereocenters. The van der Waals surface area contributed by atoms with Gasteiger partial charge >= 0.3 is 0 Å². The number of rotatable bonds is 5. The van der Waals surface area contributed by atoms with Gasteiger partial charge in [0.15, 0.2) is 7.14 Å². The predicted octanol–water partition coefficient (Wildman–Crippen LogP) is 10.9. The fraction of sp³-hybridized carbons (Fsp3) is 0.128. The minimum absolute atomic E-state index is 0.140. The second kappa shape index (κ2) is 11.9. The molecule has 52 heavy (non-hydrogen) atoms. The molecule has 1 aromatic heterocycles. The molecule has 0 radical (unpaired) electrons. The lowest BCUT2D eigenvalue weighted by Crippen LogP contribution is -2.31. The topological polar surface area (TPSA) is 36.4 Å². The molecule has 9 rings (SSSR count). The number of hydrogen-bond donors (Lipinski definition) is 0. The molecule has 2 aliphatic heterocycles. The zero-order valence-electron chi connectivity index (χ0n) is 29.9. The lowest BCUT2D eigenvalue weighted by atomic mass is 9.73. The van der Waals surface area contributed by atoms with Crippen LogP contribution in [0.15, 0.2) is 170 Å². The first-order valence-corrected chi connectivity index (χ1v) is 19.6. The lowest BCUT2D eigenvalue weighted by Gasteiger charge is -2.42. The normalized spacial score (nSPS) is 15.2. The van der Waals surface area contributed by atoms with Gasteiger partial charge in [-0.25, -0.2) is 0 Å². The van der Waals surface area contributed by atoms with Crippen LogP contribution in [0.4, 0.5) is 34.1 Å². The van der Waals surface area contributed by atoms with E-state index in [4.69, 9.17) is 4.98 Å². The van der Waals surface area contributed by atoms with Crippen molar-refractivity contribution in [2.75, 3.05) is 9.80 Å². The van der Waals surface area contributed by atoms with Crippen LogP contribution in [0.25, 0.3) is 0 Å². The fourth-order valence-electron chi connectivity index (χ4n) is 8.47. The second-order valence-corrected chi connectivity index (χ2v) is 17.5. The highest BCUT2D eigenvalue weighted by Crippen LogP contribution is 2.53. The van der Waals surface area contributed by atoms with E-state index in [1.54, 1.807) is 6.20 Å². The van der Waals surface area contributed by atoms with Gasteiger partial charge in [-0.1, -0.05) is 107 Å². The summed E-state index contributed by atoms with van der Waals surface area (Å²) in [6.45, 7) is 9.18. The molecule has 7 aromatic rings. The van der Waals surface area contributed by atoms with Crippen molar-refractivity contribution >= 4 is 57.3 Å². The Labute approximate surface area is 306 Å². The molecule has 0 amide bonds. The Balaban J connectivity index is 1.14. The first kappa shape index (κ1) is 32.2. The minimum atomic E-state index is -3.35. The molecule has 3 heterocycles. The van der Waals surface area contributed by atoms with Gasteiger partial charge in [0, 0.05) is 39.0 Å². The van der Waals surface area contributed by atoms with Crippen LogP contribution in [0, 0.1) is 0 Å². The summed E-state index contributed by atoms with van der Waals surface area (Å²) in [5, 5.41) is 1.49. The van der Waals surface area contributed by atoms with Gasteiger partial charge in [0.1, 0.15) is 5.44 Å². The quantitative estimate of drug-likeness (QED) is 0.168. The smallest absolute Gasteiger partial charge is 0.188 e. The van der Waals surface area contributed by atoms with Crippen LogP contribution >= 0.6 is 7.14 Å². The van der Waals surface area contributed by atoms with E-state index in [1.807, 2.05) is 42.5 Å². The van der Waals surface area contributed by atoms with Crippen LogP contribution < -0.4 is 25.8 Å². The van der Waals surface area contributed by atoms with E-state index in [2.05, 4.69) is 159 Å². The summed E-state index contributed by atoms with van der Waals surface area (Å²) in [4.78, 5) is 9.35. The fourth-order valence-corrected chi connectivity index (χ4v) is 11.0. The Morgan fingerprint density at radius 3 is 1.08 bits per heavy atom. The zero-order valence-corrected chi connectivity index (χ0v) is 30.8. The molecule has 0 aliphatic carbocycles. The summed E-state index contributed by atoms with van der Waals surface area (Å²) in [5.74, 6) is 0. The number of fused-ring (bicyclic) bond motifs is 4. The van der Waals surface area contributed by atoms with Crippen LogP contribution in [0.5, 0.6) is 0 Å². The van der Waals surface area contributed by atoms with Crippen molar-refractivity contribution in [3.63, 3.8) is 0 Å². The van der Waals surface area contributed by atoms with E-state index >= 15 is 4.57 Å². The minimum Gasteiger partial charge on any atom is -0.310 e. The molecule has 0 unspecified atom stereocenters. The summed E-state index contributed by atoms with van der Waals surface area (Å²) in [7, 11) is -3.35. The van der Waals surface area contributed by atoms with Crippen LogP contribution in [-0.2, 0) is 15.4 Å². The van der Waals surface area contributed by atoms with Crippen molar-refractivity contribution in [3.8, 4) is 0 Å². The SMILES string of the molecule is CC1(C)c2ccccc2N(c2ccc(P(=O)(c3ccc(N4c5ccccc5C(C)(C)c5ccccc54)cc3)c3ccccn3)cc2)c2ccccc21. The zero-order chi connectivity index (χ0) is 35.7. The highest BCUT2D eigenvalue weighted by molar-refractivity contribution is 7.85. The van der Waals surface area contributed by atoms with E-state index in [-0.39, 0.29) is 10.8 Å². The molecule has 0 bridgehead atoms. The van der Waals surface area contributed by atoms with Crippen molar-refractivity contribution in [1.29, 1.82) is 0 Å². The number of para-hydroxylation sites is 4. The molecular formula is C47H40N3OP. The Bertz CT molecular complexity index is 2250. The lowest BCUT2D eigenvalue weighted by molar-refractivity contribution is 0.592. The molecule has 5 heteroatoms. The van der Waals surface area contributed by atoms with Gasteiger partial charge in [0.2, 0.25) is 0 Å². The van der Waals surface area contributed by atoms with Gasteiger partial charge in [-0.15, -0.1) is 0 Å². The monoisotopic (exact) mass is 693 g/mol. The molecule has 6 aromatic carbocycles. The molecule has 2 aliphatic rings. The van der Waals surface area contributed by atoms with Crippen LogP contribution in [0.3, 0.4) is 0 Å².